The number of nitrogen functional groups attached to an aromatic ring is 1. The highest BCUT2D eigenvalue weighted by atomic mass is 32.1. The average molecular weight is 354 g/mol. The van der Waals surface area contributed by atoms with Gasteiger partial charge >= 0.3 is 0 Å². The van der Waals surface area contributed by atoms with Gasteiger partial charge in [0, 0.05) is 11.1 Å². The van der Waals surface area contributed by atoms with E-state index < -0.39 is 5.82 Å². The van der Waals surface area contributed by atoms with Crippen LogP contribution < -0.4 is 5.73 Å². The Labute approximate surface area is 147 Å². The SMILES string of the molecule is Cc1nc2sc(-c3nnc(-c4ccccc4F)o3)c(N)c2c(C)c1C. The van der Waals surface area contributed by atoms with E-state index in [0.717, 1.165) is 27.0 Å². The largest absolute Gasteiger partial charge is 0.415 e. The van der Waals surface area contributed by atoms with E-state index in [1.54, 1.807) is 18.2 Å². The van der Waals surface area contributed by atoms with Gasteiger partial charge in [-0.3, -0.25) is 0 Å². The fraction of sp³-hybridized carbons (Fsp3) is 0.167. The number of fused-ring (bicyclic) bond motifs is 1. The molecule has 0 aliphatic rings. The fourth-order valence-corrected chi connectivity index (χ4v) is 3.91. The van der Waals surface area contributed by atoms with Crippen LogP contribution in [0.4, 0.5) is 10.1 Å². The minimum Gasteiger partial charge on any atom is -0.415 e. The van der Waals surface area contributed by atoms with Crippen molar-refractivity contribution in [3.63, 3.8) is 0 Å². The summed E-state index contributed by atoms with van der Waals surface area (Å²) in [5.41, 5.74) is 10.3. The Balaban J connectivity index is 1.88. The lowest BCUT2D eigenvalue weighted by atomic mass is 10.1. The molecular weight excluding hydrogens is 339 g/mol. The molecule has 25 heavy (non-hydrogen) atoms. The zero-order valence-corrected chi connectivity index (χ0v) is 14.7. The van der Waals surface area contributed by atoms with Crippen LogP contribution in [0, 0.1) is 26.6 Å². The van der Waals surface area contributed by atoms with E-state index >= 15 is 0 Å². The standard InChI is InChI=1S/C18H15FN4OS/c1-8-9(2)13-14(20)15(25-18(13)21-10(8)3)17-23-22-16(24-17)11-6-4-5-7-12(11)19/h4-7H,20H2,1-3H3. The third kappa shape index (κ3) is 2.39. The molecule has 0 saturated heterocycles. The van der Waals surface area contributed by atoms with Crippen molar-refractivity contribution >= 4 is 27.2 Å². The Kier molecular flexibility index (Phi) is 3.54. The topological polar surface area (TPSA) is 77.8 Å². The Morgan fingerprint density at radius 1 is 1.04 bits per heavy atom. The maximum Gasteiger partial charge on any atom is 0.260 e. The summed E-state index contributed by atoms with van der Waals surface area (Å²) in [6, 6.07) is 6.28. The molecule has 0 aliphatic heterocycles. The first-order valence-electron chi connectivity index (χ1n) is 7.72. The third-order valence-electron chi connectivity index (χ3n) is 4.40. The molecule has 0 amide bonds. The molecule has 0 bridgehead atoms. The molecule has 0 fully saturated rings. The van der Waals surface area contributed by atoms with E-state index in [0.29, 0.717) is 10.6 Å². The minimum atomic E-state index is -0.411. The van der Waals surface area contributed by atoms with Crippen LogP contribution in [0.1, 0.15) is 16.8 Å². The van der Waals surface area contributed by atoms with Crippen molar-refractivity contribution in [3.8, 4) is 22.2 Å². The van der Waals surface area contributed by atoms with E-state index in [1.807, 2.05) is 20.8 Å². The number of aryl methyl sites for hydroxylation is 2. The van der Waals surface area contributed by atoms with E-state index in [9.17, 15) is 4.39 Å². The molecule has 7 heteroatoms. The van der Waals surface area contributed by atoms with Gasteiger partial charge in [0.25, 0.3) is 11.8 Å². The van der Waals surface area contributed by atoms with E-state index in [4.69, 9.17) is 10.2 Å². The molecule has 126 valence electrons. The van der Waals surface area contributed by atoms with Crippen molar-refractivity contribution in [3.05, 3.63) is 46.9 Å². The lowest BCUT2D eigenvalue weighted by Gasteiger charge is -2.05. The number of benzene rings is 1. The number of nitrogens with zero attached hydrogens (tertiary/aromatic N) is 3. The normalized spacial score (nSPS) is 11.4. The first kappa shape index (κ1) is 15.7. The summed E-state index contributed by atoms with van der Waals surface area (Å²) in [5.74, 6) is -0.0127. The molecule has 4 aromatic rings. The molecule has 5 nitrogen and oxygen atoms in total. The maximum atomic E-state index is 13.9. The number of nitrogens with two attached hydrogens (primary N) is 1. The van der Waals surface area contributed by atoms with Crippen molar-refractivity contribution in [2.24, 2.45) is 0 Å². The second-order valence-corrected chi connectivity index (χ2v) is 6.86. The second kappa shape index (κ2) is 5.63. The Morgan fingerprint density at radius 2 is 1.76 bits per heavy atom. The van der Waals surface area contributed by atoms with Crippen molar-refractivity contribution in [1.29, 1.82) is 0 Å². The van der Waals surface area contributed by atoms with Crippen molar-refractivity contribution in [1.82, 2.24) is 15.2 Å². The first-order valence-corrected chi connectivity index (χ1v) is 8.53. The molecule has 0 unspecified atom stereocenters. The Hall–Kier alpha value is -2.80. The highest BCUT2D eigenvalue weighted by Gasteiger charge is 2.21. The van der Waals surface area contributed by atoms with Crippen LogP contribution >= 0.6 is 11.3 Å². The van der Waals surface area contributed by atoms with Crippen LogP contribution in [0.2, 0.25) is 0 Å². The molecule has 0 spiro atoms. The molecule has 4 rings (SSSR count). The van der Waals surface area contributed by atoms with Crippen LogP contribution in [-0.4, -0.2) is 15.2 Å². The Bertz CT molecular complexity index is 1120. The number of halogens is 1. The molecule has 3 heterocycles. The summed E-state index contributed by atoms with van der Waals surface area (Å²) >= 11 is 1.40. The van der Waals surface area contributed by atoms with E-state index in [2.05, 4.69) is 15.2 Å². The summed E-state index contributed by atoms with van der Waals surface area (Å²) < 4.78 is 19.6. The monoisotopic (exact) mass is 354 g/mol. The number of hydrogen-bond acceptors (Lipinski definition) is 6. The van der Waals surface area contributed by atoms with Crippen LogP contribution in [-0.2, 0) is 0 Å². The highest BCUT2D eigenvalue weighted by Crippen LogP contribution is 2.42. The molecule has 1 aromatic carbocycles. The summed E-state index contributed by atoms with van der Waals surface area (Å²) in [6.07, 6.45) is 0. The van der Waals surface area contributed by atoms with Crippen LogP contribution in [0.3, 0.4) is 0 Å². The highest BCUT2D eigenvalue weighted by molar-refractivity contribution is 7.22. The molecule has 3 aromatic heterocycles. The molecule has 0 atom stereocenters. The minimum absolute atomic E-state index is 0.127. The number of hydrogen-bond donors (Lipinski definition) is 1. The predicted molar refractivity (Wildman–Crippen MR) is 96.9 cm³/mol. The van der Waals surface area contributed by atoms with Gasteiger partial charge in [-0.15, -0.1) is 21.5 Å². The van der Waals surface area contributed by atoms with Gasteiger partial charge in [-0.2, -0.15) is 0 Å². The number of aromatic nitrogens is 3. The predicted octanol–water partition coefficient (Wildman–Crippen LogP) is 4.66. The average Bonchev–Trinajstić information content (AvgIpc) is 3.18. The van der Waals surface area contributed by atoms with Gasteiger partial charge in [0.05, 0.1) is 11.3 Å². The summed E-state index contributed by atoms with van der Waals surface area (Å²) in [6.45, 7) is 6.02. The van der Waals surface area contributed by atoms with Crippen LogP contribution in [0.5, 0.6) is 0 Å². The summed E-state index contributed by atoms with van der Waals surface area (Å²) in [7, 11) is 0. The van der Waals surface area contributed by atoms with Gasteiger partial charge in [0.15, 0.2) is 0 Å². The first-order chi connectivity index (χ1) is 12.0. The lowest BCUT2D eigenvalue weighted by molar-refractivity contribution is 0.572. The van der Waals surface area contributed by atoms with Crippen molar-refractivity contribution in [2.45, 2.75) is 20.8 Å². The van der Waals surface area contributed by atoms with Crippen molar-refractivity contribution in [2.75, 3.05) is 5.73 Å². The summed E-state index contributed by atoms with van der Waals surface area (Å²) in [5, 5.41) is 8.93. The third-order valence-corrected chi connectivity index (χ3v) is 5.49. The zero-order valence-electron chi connectivity index (χ0n) is 13.9. The van der Waals surface area contributed by atoms with Gasteiger partial charge in [-0.1, -0.05) is 12.1 Å². The number of thiophene rings is 1. The van der Waals surface area contributed by atoms with Gasteiger partial charge in [0.1, 0.15) is 15.5 Å². The second-order valence-electron chi connectivity index (χ2n) is 5.86. The number of pyridine rings is 1. The van der Waals surface area contributed by atoms with Crippen LogP contribution in [0.25, 0.3) is 32.4 Å². The number of rotatable bonds is 2. The maximum absolute atomic E-state index is 13.9. The molecule has 0 radical (unpaired) electrons. The smallest absolute Gasteiger partial charge is 0.260 e. The van der Waals surface area contributed by atoms with Gasteiger partial charge < -0.3 is 10.2 Å². The zero-order chi connectivity index (χ0) is 17.7. The van der Waals surface area contributed by atoms with E-state index in [1.165, 1.54) is 17.4 Å². The van der Waals surface area contributed by atoms with E-state index in [-0.39, 0.29) is 17.3 Å². The molecule has 0 saturated carbocycles. The quantitative estimate of drug-likeness (QED) is 0.566. The van der Waals surface area contributed by atoms with Gasteiger partial charge in [-0.25, -0.2) is 9.37 Å². The molecule has 2 N–H and O–H groups in total. The number of anilines is 1. The summed E-state index contributed by atoms with van der Waals surface area (Å²) in [4.78, 5) is 6.10. The molecular formula is C18H15FN4OS. The molecule has 0 aliphatic carbocycles. The lowest BCUT2D eigenvalue weighted by Crippen LogP contribution is -1.93. The fourth-order valence-electron chi connectivity index (χ4n) is 2.78. The van der Waals surface area contributed by atoms with Gasteiger partial charge in [-0.05, 0) is 44.0 Å². The van der Waals surface area contributed by atoms with Crippen molar-refractivity contribution < 1.29 is 8.81 Å². The Morgan fingerprint density at radius 3 is 2.52 bits per heavy atom. The van der Waals surface area contributed by atoms with Crippen LogP contribution in [0.15, 0.2) is 28.7 Å². The van der Waals surface area contributed by atoms with Gasteiger partial charge in [0.2, 0.25) is 0 Å².